The van der Waals surface area contributed by atoms with Crippen molar-refractivity contribution in [1.82, 2.24) is 9.88 Å². The summed E-state index contributed by atoms with van der Waals surface area (Å²) in [4.78, 5) is 24.7. The molecule has 0 saturated carbocycles. The van der Waals surface area contributed by atoms with Crippen LogP contribution in [0.5, 0.6) is 5.75 Å². The van der Waals surface area contributed by atoms with Crippen LogP contribution in [0.4, 0.5) is 0 Å². The van der Waals surface area contributed by atoms with Gasteiger partial charge in [0.2, 0.25) is 5.91 Å². The molecule has 0 aliphatic heterocycles. The fourth-order valence-corrected chi connectivity index (χ4v) is 3.31. The van der Waals surface area contributed by atoms with E-state index in [2.05, 4.69) is 21.2 Å². The average Bonchev–Trinajstić information content (AvgIpc) is 2.94. The van der Waals surface area contributed by atoms with Crippen LogP contribution < -0.4 is 15.8 Å². The lowest BCUT2D eigenvalue weighted by Gasteiger charge is -2.17. The number of rotatable bonds is 5. The maximum atomic E-state index is 12.5. The van der Waals surface area contributed by atoms with Gasteiger partial charge in [-0.1, -0.05) is 34.1 Å². The number of aromatic nitrogens is 1. The van der Waals surface area contributed by atoms with Crippen molar-refractivity contribution in [2.75, 3.05) is 7.11 Å². The zero-order valence-corrected chi connectivity index (χ0v) is 16.3. The van der Waals surface area contributed by atoms with Gasteiger partial charge in [0.1, 0.15) is 12.3 Å². The molecule has 1 aromatic heterocycles. The highest BCUT2D eigenvalue weighted by atomic mass is 79.9. The number of nitrogens with one attached hydrogen (secondary N) is 1. The lowest BCUT2D eigenvalue weighted by Crippen LogP contribution is -2.32. The monoisotopic (exact) mass is 418 g/mol. The standard InChI is InChI=1S/C19H19BrN2O4/c1-11-14(20)8-9-16-18(11)22(19(24)26-16)10-17(23)21-12(2)13-6-4-5-7-15(13)25-3/h4-9,12H,10H2,1-3H3,(H,21,23). The van der Waals surface area contributed by atoms with Gasteiger partial charge >= 0.3 is 5.76 Å². The molecule has 136 valence electrons. The summed E-state index contributed by atoms with van der Waals surface area (Å²) in [6, 6.07) is 10.7. The van der Waals surface area contributed by atoms with Crippen LogP contribution >= 0.6 is 15.9 Å². The van der Waals surface area contributed by atoms with Gasteiger partial charge in [0.25, 0.3) is 0 Å². The molecule has 26 heavy (non-hydrogen) atoms. The molecule has 0 bridgehead atoms. The summed E-state index contributed by atoms with van der Waals surface area (Å²) in [7, 11) is 1.59. The number of para-hydroxylation sites is 1. The van der Waals surface area contributed by atoms with Gasteiger partial charge in [-0.25, -0.2) is 4.79 Å². The molecule has 1 N–H and O–H groups in total. The van der Waals surface area contributed by atoms with E-state index in [1.54, 1.807) is 13.2 Å². The van der Waals surface area contributed by atoms with Crippen molar-refractivity contribution in [3.05, 3.63) is 62.5 Å². The van der Waals surface area contributed by atoms with Gasteiger partial charge < -0.3 is 14.5 Å². The fourth-order valence-electron chi connectivity index (χ4n) is 2.99. The van der Waals surface area contributed by atoms with Gasteiger partial charge in [-0.2, -0.15) is 0 Å². The van der Waals surface area contributed by atoms with Crippen LogP contribution in [0.3, 0.4) is 0 Å². The first kappa shape index (κ1) is 18.3. The topological polar surface area (TPSA) is 73.5 Å². The molecular formula is C19H19BrN2O4. The number of aryl methyl sites for hydroxylation is 1. The molecule has 3 rings (SSSR count). The second-order valence-corrected chi connectivity index (χ2v) is 6.86. The van der Waals surface area contributed by atoms with Crippen LogP contribution in [0.2, 0.25) is 0 Å². The van der Waals surface area contributed by atoms with Crippen molar-refractivity contribution in [3.63, 3.8) is 0 Å². The van der Waals surface area contributed by atoms with Crippen LogP contribution in [0.1, 0.15) is 24.1 Å². The highest BCUT2D eigenvalue weighted by molar-refractivity contribution is 9.10. The van der Waals surface area contributed by atoms with Gasteiger partial charge in [0.05, 0.1) is 18.7 Å². The van der Waals surface area contributed by atoms with Crippen LogP contribution in [0.25, 0.3) is 11.1 Å². The molecule has 0 aliphatic carbocycles. The highest BCUT2D eigenvalue weighted by Crippen LogP contribution is 2.26. The largest absolute Gasteiger partial charge is 0.496 e. The van der Waals surface area contributed by atoms with Crippen molar-refractivity contribution in [1.29, 1.82) is 0 Å². The van der Waals surface area contributed by atoms with E-state index in [0.717, 1.165) is 15.6 Å². The van der Waals surface area contributed by atoms with Crippen molar-refractivity contribution < 1.29 is 13.9 Å². The summed E-state index contributed by atoms with van der Waals surface area (Å²) < 4.78 is 12.8. The first-order valence-corrected chi connectivity index (χ1v) is 8.92. The SMILES string of the molecule is COc1ccccc1C(C)NC(=O)Cn1c(=O)oc2ccc(Br)c(C)c21. The minimum absolute atomic E-state index is 0.122. The maximum absolute atomic E-state index is 12.5. The molecule has 0 saturated heterocycles. The Kier molecular flexibility index (Phi) is 5.18. The van der Waals surface area contributed by atoms with E-state index < -0.39 is 5.76 Å². The number of benzene rings is 2. The van der Waals surface area contributed by atoms with E-state index in [1.807, 2.05) is 44.2 Å². The molecule has 1 atom stereocenters. The molecule has 1 amide bonds. The van der Waals surface area contributed by atoms with Crippen molar-refractivity contribution in [2.24, 2.45) is 0 Å². The zero-order valence-electron chi connectivity index (χ0n) is 14.7. The molecule has 1 unspecified atom stereocenters. The Balaban J connectivity index is 1.85. The smallest absolute Gasteiger partial charge is 0.420 e. The summed E-state index contributed by atoms with van der Waals surface area (Å²) in [6.07, 6.45) is 0. The number of nitrogens with zero attached hydrogens (tertiary/aromatic N) is 1. The second kappa shape index (κ2) is 7.37. The molecule has 3 aromatic rings. The third-order valence-electron chi connectivity index (χ3n) is 4.30. The zero-order chi connectivity index (χ0) is 18.8. The molecule has 0 fully saturated rings. The third-order valence-corrected chi connectivity index (χ3v) is 5.16. The van der Waals surface area contributed by atoms with E-state index in [0.29, 0.717) is 16.8 Å². The number of oxazole rings is 1. The summed E-state index contributed by atoms with van der Waals surface area (Å²) in [5, 5.41) is 2.90. The number of hydrogen-bond donors (Lipinski definition) is 1. The molecule has 0 aliphatic rings. The van der Waals surface area contributed by atoms with Crippen molar-refractivity contribution in [2.45, 2.75) is 26.4 Å². The number of methoxy groups -OCH3 is 1. The Bertz CT molecular complexity index is 1020. The average molecular weight is 419 g/mol. The molecular weight excluding hydrogens is 400 g/mol. The Hall–Kier alpha value is -2.54. The summed E-state index contributed by atoms with van der Waals surface area (Å²) in [5.41, 5.74) is 2.79. The third kappa shape index (κ3) is 3.39. The predicted octanol–water partition coefficient (Wildman–Crippen LogP) is 3.55. The van der Waals surface area contributed by atoms with E-state index in [-0.39, 0.29) is 18.5 Å². The van der Waals surface area contributed by atoms with Gasteiger partial charge in [-0.15, -0.1) is 0 Å². The van der Waals surface area contributed by atoms with Gasteiger partial charge in [0, 0.05) is 10.0 Å². The molecule has 7 heteroatoms. The first-order chi connectivity index (χ1) is 12.4. The predicted molar refractivity (Wildman–Crippen MR) is 102 cm³/mol. The maximum Gasteiger partial charge on any atom is 0.420 e. The highest BCUT2D eigenvalue weighted by Gasteiger charge is 2.18. The molecule has 0 radical (unpaired) electrons. The number of halogens is 1. The fraction of sp³-hybridized carbons (Fsp3) is 0.263. The number of hydrogen-bond acceptors (Lipinski definition) is 4. The van der Waals surface area contributed by atoms with Gasteiger partial charge in [-0.05, 0) is 37.6 Å². The lowest BCUT2D eigenvalue weighted by atomic mass is 10.1. The normalized spacial score (nSPS) is 12.2. The quantitative estimate of drug-likeness (QED) is 0.687. The Morgan fingerprint density at radius 1 is 1.31 bits per heavy atom. The van der Waals surface area contributed by atoms with Crippen LogP contribution in [0, 0.1) is 6.92 Å². The van der Waals surface area contributed by atoms with E-state index >= 15 is 0 Å². The van der Waals surface area contributed by atoms with Gasteiger partial charge in [-0.3, -0.25) is 9.36 Å². The van der Waals surface area contributed by atoms with E-state index in [1.165, 1.54) is 4.57 Å². The molecule has 0 spiro atoms. The van der Waals surface area contributed by atoms with Crippen molar-refractivity contribution in [3.8, 4) is 5.75 Å². The van der Waals surface area contributed by atoms with Crippen LogP contribution in [-0.2, 0) is 11.3 Å². The Labute approximate surface area is 158 Å². The Morgan fingerprint density at radius 3 is 2.77 bits per heavy atom. The number of ether oxygens (including phenoxy) is 1. The van der Waals surface area contributed by atoms with E-state index in [9.17, 15) is 9.59 Å². The summed E-state index contributed by atoms with van der Waals surface area (Å²) in [6.45, 7) is 3.61. The minimum atomic E-state index is -0.554. The van der Waals surface area contributed by atoms with E-state index in [4.69, 9.17) is 9.15 Å². The van der Waals surface area contributed by atoms with Gasteiger partial charge in [0.15, 0.2) is 5.58 Å². The van der Waals surface area contributed by atoms with Crippen molar-refractivity contribution >= 4 is 32.9 Å². The number of fused-ring (bicyclic) bond motifs is 1. The molecule has 6 nitrogen and oxygen atoms in total. The first-order valence-electron chi connectivity index (χ1n) is 8.13. The number of amides is 1. The molecule has 1 heterocycles. The second-order valence-electron chi connectivity index (χ2n) is 6.00. The number of carbonyl (C=O) groups excluding carboxylic acids is 1. The summed E-state index contributed by atoms with van der Waals surface area (Å²) in [5.74, 6) is -0.139. The molecule has 2 aromatic carbocycles. The lowest BCUT2D eigenvalue weighted by molar-refractivity contribution is -0.122. The number of carbonyl (C=O) groups is 1. The summed E-state index contributed by atoms with van der Waals surface area (Å²) >= 11 is 3.44. The van der Waals surface area contributed by atoms with Crippen LogP contribution in [0.15, 0.2) is 50.1 Å². The van der Waals surface area contributed by atoms with Crippen LogP contribution in [-0.4, -0.2) is 17.6 Å². The minimum Gasteiger partial charge on any atom is -0.496 e. The Morgan fingerprint density at radius 2 is 2.04 bits per heavy atom.